The first-order chi connectivity index (χ1) is 17.2. The fourth-order valence-electron chi connectivity index (χ4n) is 3.69. The van der Waals surface area contributed by atoms with Crippen molar-refractivity contribution in [2.75, 3.05) is 7.11 Å². The predicted molar refractivity (Wildman–Crippen MR) is 140 cm³/mol. The highest BCUT2D eigenvalue weighted by molar-refractivity contribution is 7.90. The topological polar surface area (TPSA) is 118 Å². The van der Waals surface area contributed by atoms with Gasteiger partial charge in [0.1, 0.15) is 4.75 Å². The molecule has 4 aromatic rings. The number of benzene rings is 1. The van der Waals surface area contributed by atoms with Gasteiger partial charge >= 0.3 is 5.97 Å². The maximum atomic E-state index is 12.8. The molecule has 0 aliphatic carbocycles. The molecule has 36 heavy (non-hydrogen) atoms. The van der Waals surface area contributed by atoms with Crippen LogP contribution in [0.1, 0.15) is 62.9 Å². The van der Waals surface area contributed by atoms with E-state index in [4.69, 9.17) is 9.72 Å². The molecule has 4 rings (SSSR count). The lowest BCUT2D eigenvalue weighted by Gasteiger charge is -2.27. The molecule has 1 N–H and O–H groups in total. The van der Waals surface area contributed by atoms with E-state index in [0.717, 1.165) is 40.7 Å². The van der Waals surface area contributed by atoms with Crippen LogP contribution in [-0.4, -0.2) is 47.1 Å². The third-order valence-corrected chi connectivity index (χ3v) is 7.21. The largest absolute Gasteiger partial charge is 0.598 e. The monoisotopic (exact) mass is 506 g/mol. The highest BCUT2D eigenvalue weighted by Gasteiger charge is 2.30. The van der Waals surface area contributed by atoms with Gasteiger partial charge in [-0.05, 0) is 45.4 Å². The van der Waals surface area contributed by atoms with Crippen LogP contribution in [0.4, 0.5) is 0 Å². The fraction of sp³-hybridized carbons (Fsp3) is 0.346. The van der Waals surface area contributed by atoms with E-state index >= 15 is 0 Å². The normalized spacial score (nSPS) is 13.5. The van der Waals surface area contributed by atoms with Crippen LogP contribution in [-0.2, 0) is 16.1 Å². The summed E-state index contributed by atoms with van der Waals surface area (Å²) in [7, 11) is 1.29. The minimum atomic E-state index is -1.21. The van der Waals surface area contributed by atoms with Crippen molar-refractivity contribution in [2.24, 2.45) is 0 Å². The first-order valence-electron chi connectivity index (χ1n) is 11.8. The van der Waals surface area contributed by atoms with Gasteiger partial charge in [0.25, 0.3) is 0 Å². The molecule has 0 fully saturated rings. The summed E-state index contributed by atoms with van der Waals surface area (Å²) in [5, 5.41) is 5.38. The van der Waals surface area contributed by atoms with E-state index < -0.39 is 17.3 Å². The van der Waals surface area contributed by atoms with Gasteiger partial charge in [0.05, 0.1) is 36.3 Å². The van der Waals surface area contributed by atoms with Crippen molar-refractivity contribution in [1.82, 2.24) is 29.5 Å². The maximum absolute atomic E-state index is 12.8. The molecule has 0 spiro atoms. The van der Waals surface area contributed by atoms with Crippen molar-refractivity contribution < 1.29 is 14.1 Å². The van der Waals surface area contributed by atoms with Crippen LogP contribution >= 0.6 is 0 Å². The number of nitrogens with one attached hydrogen (secondary N) is 1. The number of rotatable bonds is 8. The zero-order valence-electron chi connectivity index (χ0n) is 21.1. The number of pyridine rings is 1. The quantitative estimate of drug-likeness (QED) is 0.273. The van der Waals surface area contributed by atoms with Crippen LogP contribution in [0.15, 0.2) is 54.9 Å². The van der Waals surface area contributed by atoms with Gasteiger partial charge in [0, 0.05) is 34.6 Å². The molecule has 0 aliphatic heterocycles. The number of carbonyl (C=O) groups excluding carboxylic acids is 1. The highest BCUT2D eigenvalue weighted by Crippen LogP contribution is 2.28. The van der Waals surface area contributed by atoms with Crippen molar-refractivity contribution in [1.29, 1.82) is 0 Å². The summed E-state index contributed by atoms with van der Waals surface area (Å²) in [6.45, 7) is 7.96. The Hall–Kier alpha value is -3.34. The number of fused-ring (bicyclic) bond motifs is 1. The lowest BCUT2D eigenvalue weighted by molar-refractivity contribution is 0.0586. The summed E-state index contributed by atoms with van der Waals surface area (Å²) in [5.41, 5.74) is 3.36. The number of esters is 1. The summed E-state index contributed by atoms with van der Waals surface area (Å²) < 4.78 is 22.1. The number of methoxy groups -OCH3 is 1. The van der Waals surface area contributed by atoms with E-state index in [0.29, 0.717) is 5.82 Å². The smallest absolute Gasteiger partial charge is 0.376 e. The minimum Gasteiger partial charge on any atom is -0.598 e. The van der Waals surface area contributed by atoms with Gasteiger partial charge in [0.15, 0.2) is 5.82 Å². The Balaban J connectivity index is 1.70. The number of ether oxygens (including phenoxy) is 1. The molecule has 3 aromatic heterocycles. The summed E-state index contributed by atoms with van der Waals surface area (Å²) >= 11 is -1.21. The van der Waals surface area contributed by atoms with Gasteiger partial charge in [-0.1, -0.05) is 31.5 Å². The number of aromatic nitrogens is 5. The Kier molecular flexibility index (Phi) is 7.67. The van der Waals surface area contributed by atoms with E-state index in [1.165, 1.54) is 13.3 Å². The van der Waals surface area contributed by atoms with Crippen LogP contribution in [0.3, 0.4) is 0 Å². The zero-order valence-corrected chi connectivity index (χ0v) is 21.9. The van der Waals surface area contributed by atoms with E-state index in [1.807, 2.05) is 57.2 Å². The summed E-state index contributed by atoms with van der Waals surface area (Å²) in [6.07, 6.45) is 4.99. The van der Waals surface area contributed by atoms with Crippen LogP contribution < -0.4 is 4.72 Å². The Labute approximate surface area is 213 Å². The van der Waals surface area contributed by atoms with E-state index in [2.05, 4.69) is 26.7 Å². The van der Waals surface area contributed by atoms with Gasteiger partial charge in [0.2, 0.25) is 5.82 Å². The van der Waals surface area contributed by atoms with Crippen LogP contribution in [0, 0.1) is 0 Å². The molecule has 0 amide bonds. The number of hydrogen-bond acceptors (Lipinski definition) is 8. The fourth-order valence-corrected chi connectivity index (χ4v) is 4.54. The SMILES string of the molecule is CCC[C@H](N[S+]([O-])C(C)(C)C)c1cccc(-c2ccc3cnn(-c4ccnc(C(=O)OC)n4)c3c2)n1. The second kappa shape index (κ2) is 10.7. The standard InChI is InChI=1S/C26H30N6O3S/c1-6-8-21(31-36(34)26(2,3)4)20-10-7-9-19(29-20)17-11-12-18-16-28-32(22(18)15-17)23-13-14-27-24(30-23)25(33)35-5/h7,9-16,21,31H,6,8H2,1-5H3/t21-,36?/m0/s1. The second-order valence-corrected chi connectivity index (χ2v) is 11.3. The molecule has 10 heteroatoms. The molecule has 2 atom stereocenters. The maximum Gasteiger partial charge on any atom is 0.376 e. The Bertz CT molecular complexity index is 1370. The summed E-state index contributed by atoms with van der Waals surface area (Å²) in [5.74, 6) is -0.194. The third kappa shape index (κ3) is 5.56. The third-order valence-electron chi connectivity index (χ3n) is 5.60. The lowest BCUT2D eigenvalue weighted by atomic mass is 10.1. The number of nitrogens with zero attached hydrogens (tertiary/aromatic N) is 5. The van der Waals surface area contributed by atoms with Crippen LogP contribution in [0.5, 0.6) is 0 Å². The molecular formula is C26H30N6O3S. The van der Waals surface area contributed by atoms with Gasteiger partial charge < -0.3 is 9.29 Å². The van der Waals surface area contributed by atoms with Crippen molar-refractivity contribution >= 4 is 28.2 Å². The molecule has 0 bridgehead atoms. The van der Waals surface area contributed by atoms with Crippen LogP contribution in [0.2, 0.25) is 0 Å². The number of hydrogen-bond donors (Lipinski definition) is 1. The first-order valence-corrected chi connectivity index (χ1v) is 12.9. The van der Waals surface area contributed by atoms with E-state index in [-0.39, 0.29) is 16.6 Å². The zero-order chi connectivity index (χ0) is 25.9. The summed E-state index contributed by atoms with van der Waals surface area (Å²) in [6, 6.07) is 13.4. The van der Waals surface area contributed by atoms with Gasteiger partial charge in [-0.2, -0.15) is 5.10 Å². The molecule has 1 aromatic carbocycles. The molecule has 188 valence electrons. The predicted octanol–water partition coefficient (Wildman–Crippen LogP) is 4.56. The first kappa shape index (κ1) is 25.7. The van der Waals surface area contributed by atoms with Gasteiger partial charge in [-0.15, -0.1) is 4.72 Å². The second-order valence-electron chi connectivity index (χ2n) is 9.35. The van der Waals surface area contributed by atoms with Crippen molar-refractivity contribution in [3.63, 3.8) is 0 Å². The molecule has 0 aliphatic rings. The molecule has 0 saturated carbocycles. The molecule has 3 heterocycles. The van der Waals surface area contributed by atoms with Crippen molar-refractivity contribution in [2.45, 2.75) is 51.3 Å². The molecule has 1 unspecified atom stereocenters. The van der Waals surface area contributed by atoms with E-state index in [1.54, 1.807) is 16.9 Å². The Morgan fingerprint density at radius 3 is 2.72 bits per heavy atom. The average molecular weight is 507 g/mol. The van der Waals surface area contributed by atoms with E-state index in [9.17, 15) is 9.35 Å². The molecule has 9 nitrogen and oxygen atoms in total. The van der Waals surface area contributed by atoms with Crippen molar-refractivity contribution in [3.05, 3.63) is 66.4 Å². The summed E-state index contributed by atoms with van der Waals surface area (Å²) in [4.78, 5) is 25.1. The lowest BCUT2D eigenvalue weighted by Crippen LogP contribution is -2.41. The Morgan fingerprint density at radius 2 is 2.00 bits per heavy atom. The van der Waals surface area contributed by atoms with Crippen LogP contribution in [0.25, 0.3) is 28.0 Å². The minimum absolute atomic E-state index is 0.0358. The molecule has 0 radical (unpaired) electrons. The molecular weight excluding hydrogens is 476 g/mol. The highest BCUT2D eigenvalue weighted by atomic mass is 32.2. The number of carbonyl (C=O) groups is 1. The van der Waals surface area contributed by atoms with Gasteiger partial charge in [-0.25, -0.2) is 19.4 Å². The Morgan fingerprint density at radius 1 is 1.19 bits per heavy atom. The van der Waals surface area contributed by atoms with Gasteiger partial charge in [-0.3, -0.25) is 4.98 Å². The average Bonchev–Trinajstić information content (AvgIpc) is 3.31. The van der Waals surface area contributed by atoms with Crippen molar-refractivity contribution in [3.8, 4) is 17.1 Å². The molecule has 0 saturated heterocycles.